The van der Waals surface area contributed by atoms with Gasteiger partial charge >= 0.3 is 6.18 Å². The molecule has 0 aromatic heterocycles. The molecular weight excluding hydrogens is 270 g/mol. The van der Waals surface area contributed by atoms with Crippen molar-refractivity contribution in [3.8, 4) is 0 Å². The maximum absolute atomic E-state index is 12.2. The number of benzene rings is 1. The fourth-order valence-electron chi connectivity index (χ4n) is 0.814. The first-order valence-corrected chi connectivity index (χ1v) is 4.32. The van der Waals surface area contributed by atoms with Crippen LogP contribution in [0.25, 0.3) is 0 Å². The van der Waals surface area contributed by atoms with E-state index < -0.39 is 17.4 Å². The molecule has 0 aliphatic heterocycles. The highest BCUT2D eigenvalue weighted by Gasteiger charge is 2.33. The Morgan fingerprint density at radius 1 is 1.31 bits per heavy atom. The summed E-state index contributed by atoms with van der Waals surface area (Å²) >= 11 is 8.48. The van der Waals surface area contributed by atoms with Crippen LogP contribution in [0.5, 0.6) is 0 Å². The summed E-state index contributed by atoms with van der Waals surface area (Å²) in [5.41, 5.74) is 3.82. The lowest BCUT2D eigenvalue weighted by Gasteiger charge is -2.11. The van der Waals surface area contributed by atoms with Gasteiger partial charge in [0.2, 0.25) is 0 Å². The van der Waals surface area contributed by atoms with Crippen molar-refractivity contribution >= 4 is 33.2 Å². The third kappa shape index (κ3) is 2.08. The van der Waals surface area contributed by atoms with Crippen LogP contribution in [-0.2, 0) is 6.18 Å². The van der Waals surface area contributed by atoms with Crippen LogP contribution in [0.2, 0.25) is 5.02 Å². The molecule has 0 spiro atoms. The first kappa shape index (κ1) is 10.7. The van der Waals surface area contributed by atoms with Crippen LogP contribution in [0.3, 0.4) is 0 Å². The highest BCUT2D eigenvalue weighted by Crippen LogP contribution is 2.39. The summed E-state index contributed by atoms with van der Waals surface area (Å²) in [4.78, 5) is 0. The molecule has 2 N–H and O–H groups in total. The van der Waals surface area contributed by atoms with Crippen molar-refractivity contribution in [1.82, 2.24) is 0 Å². The van der Waals surface area contributed by atoms with Crippen molar-refractivity contribution in [1.29, 1.82) is 0 Å². The van der Waals surface area contributed by atoms with Crippen LogP contribution in [0.15, 0.2) is 16.6 Å². The SMILES string of the molecule is Nc1c(C(F)(F)F)ccc(Br)c1Cl. The van der Waals surface area contributed by atoms with Crippen LogP contribution in [0, 0.1) is 0 Å². The average molecular weight is 274 g/mol. The highest BCUT2D eigenvalue weighted by molar-refractivity contribution is 9.10. The number of nitrogen functional groups attached to an aromatic ring is 1. The first-order chi connectivity index (χ1) is 5.84. The molecule has 0 radical (unpaired) electrons. The lowest BCUT2D eigenvalue weighted by Crippen LogP contribution is -2.09. The van der Waals surface area contributed by atoms with E-state index in [1.54, 1.807) is 0 Å². The maximum atomic E-state index is 12.2. The van der Waals surface area contributed by atoms with E-state index in [4.69, 9.17) is 17.3 Å². The van der Waals surface area contributed by atoms with Gasteiger partial charge in [-0.1, -0.05) is 11.6 Å². The lowest BCUT2D eigenvalue weighted by molar-refractivity contribution is -0.136. The molecule has 72 valence electrons. The Kier molecular flexibility index (Phi) is 2.77. The van der Waals surface area contributed by atoms with Crippen molar-refractivity contribution in [3.05, 3.63) is 27.2 Å². The number of hydrogen-bond acceptors (Lipinski definition) is 1. The van der Waals surface area contributed by atoms with Gasteiger partial charge in [-0.05, 0) is 28.1 Å². The third-order valence-corrected chi connectivity index (χ3v) is 2.73. The van der Waals surface area contributed by atoms with Gasteiger partial charge in [-0.2, -0.15) is 13.2 Å². The van der Waals surface area contributed by atoms with Crippen LogP contribution in [0.1, 0.15) is 5.56 Å². The van der Waals surface area contributed by atoms with Gasteiger partial charge < -0.3 is 5.73 Å². The van der Waals surface area contributed by atoms with E-state index in [-0.39, 0.29) is 5.02 Å². The molecule has 1 rings (SSSR count). The van der Waals surface area contributed by atoms with Crippen LogP contribution in [0.4, 0.5) is 18.9 Å². The molecule has 0 bridgehead atoms. The Hall–Kier alpha value is -0.420. The van der Waals surface area contributed by atoms with E-state index in [0.29, 0.717) is 4.47 Å². The summed E-state index contributed by atoms with van der Waals surface area (Å²) in [7, 11) is 0. The topological polar surface area (TPSA) is 26.0 Å². The molecule has 13 heavy (non-hydrogen) atoms. The number of halogens is 5. The van der Waals surface area contributed by atoms with E-state index in [1.165, 1.54) is 6.07 Å². The molecule has 0 heterocycles. The second kappa shape index (κ2) is 3.38. The number of anilines is 1. The largest absolute Gasteiger partial charge is 0.418 e. The highest BCUT2D eigenvalue weighted by atomic mass is 79.9. The molecule has 1 aromatic rings. The molecule has 1 nitrogen and oxygen atoms in total. The maximum Gasteiger partial charge on any atom is 0.418 e. The molecule has 0 saturated carbocycles. The number of rotatable bonds is 0. The normalized spacial score (nSPS) is 11.8. The van der Waals surface area contributed by atoms with Crippen LogP contribution in [-0.4, -0.2) is 0 Å². The molecule has 0 fully saturated rings. The molecule has 1 aromatic carbocycles. The Morgan fingerprint density at radius 2 is 1.85 bits per heavy atom. The molecule has 0 atom stereocenters. The van der Waals surface area contributed by atoms with Crippen molar-refractivity contribution in [3.63, 3.8) is 0 Å². The second-order valence-electron chi connectivity index (χ2n) is 2.32. The third-order valence-electron chi connectivity index (χ3n) is 1.44. The molecule has 6 heteroatoms. The molecule has 0 aliphatic rings. The monoisotopic (exact) mass is 273 g/mol. The minimum atomic E-state index is -4.46. The molecule has 0 saturated heterocycles. The van der Waals surface area contributed by atoms with Gasteiger partial charge in [0.1, 0.15) is 0 Å². The minimum Gasteiger partial charge on any atom is -0.397 e. The number of nitrogens with two attached hydrogens (primary N) is 1. The van der Waals surface area contributed by atoms with E-state index in [1.807, 2.05) is 0 Å². The van der Waals surface area contributed by atoms with Crippen LogP contribution < -0.4 is 5.73 Å². The standard InChI is InChI=1S/C7H4BrClF3N/c8-4-2-1-3(7(10,11)12)6(13)5(4)9/h1-2H,13H2. The summed E-state index contributed by atoms with van der Waals surface area (Å²) in [6, 6.07) is 2.09. The van der Waals surface area contributed by atoms with E-state index >= 15 is 0 Å². The zero-order valence-electron chi connectivity index (χ0n) is 6.12. The van der Waals surface area contributed by atoms with E-state index in [0.717, 1.165) is 6.07 Å². The average Bonchev–Trinajstić information content (AvgIpc) is 1.98. The fraction of sp³-hybridized carbons (Fsp3) is 0.143. The Bertz CT molecular complexity index is 337. The summed E-state index contributed by atoms with van der Waals surface area (Å²) in [5, 5.41) is -0.116. The Morgan fingerprint density at radius 3 is 2.31 bits per heavy atom. The molecule has 0 unspecified atom stereocenters. The first-order valence-electron chi connectivity index (χ1n) is 3.14. The van der Waals surface area contributed by atoms with Crippen molar-refractivity contribution < 1.29 is 13.2 Å². The van der Waals surface area contributed by atoms with Gasteiger partial charge in [-0.3, -0.25) is 0 Å². The zero-order chi connectivity index (χ0) is 10.2. The van der Waals surface area contributed by atoms with Crippen molar-refractivity contribution in [2.24, 2.45) is 0 Å². The number of alkyl halides is 3. The summed E-state index contributed by atoms with van der Waals surface area (Å²) in [5.74, 6) is 0. The van der Waals surface area contributed by atoms with Gasteiger partial charge in [-0.25, -0.2) is 0 Å². The Labute approximate surface area is 85.8 Å². The smallest absolute Gasteiger partial charge is 0.397 e. The zero-order valence-corrected chi connectivity index (χ0v) is 8.46. The second-order valence-corrected chi connectivity index (χ2v) is 3.55. The minimum absolute atomic E-state index is 0.116. The van der Waals surface area contributed by atoms with Gasteiger partial charge in [0.05, 0.1) is 16.3 Å². The van der Waals surface area contributed by atoms with Crippen LogP contribution >= 0.6 is 27.5 Å². The molecule has 0 aliphatic carbocycles. The summed E-state index contributed by atoms with van der Waals surface area (Å²) in [6.07, 6.45) is -4.46. The van der Waals surface area contributed by atoms with Gasteiger partial charge in [-0.15, -0.1) is 0 Å². The van der Waals surface area contributed by atoms with Crippen molar-refractivity contribution in [2.75, 3.05) is 5.73 Å². The molecule has 0 amide bonds. The fourth-order valence-corrected chi connectivity index (χ4v) is 1.32. The molecular formula is C7H4BrClF3N. The lowest BCUT2D eigenvalue weighted by atomic mass is 10.2. The summed E-state index contributed by atoms with van der Waals surface area (Å²) < 4.78 is 37.0. The number of hydrogen-bond donors (Lipinski definition) is 1. The van der Waals surface area contributed by atoms with E-state index in [9.17, 15) is 13.2 Å². The predicted octanol–water partition coefficient (Wildman–Crippen LogP) is 3.70. The van der Waals surface area contributed by atoms with E-state index in [2.05, 4.69) is 15.9 Å². The van der Waals surface area contributed by atoms with Gasteiger partial charge in [0.15, 0.2) is 0 Å². The van der Waals surface area contributed by atoms with Gasteiger partial charge in [0, 0.05) is 4.47 Å². The Balaban J connectivity index is 3.35. The van der Waals surface area contributed by atoms with Gasteiger partial charge in [0.25, 0.3) is 0 Å². The quantitative estimate of drug-likeness (QED) is 0.717. The van der Waals surface area contributed by atoms with Crippen molar-refractivity contribution in [2.45, 2.75) is 6.18 Å². The summed E-state index contributed by atoms with van der Waals surface area (Å²) in [6.45, 7) is 0. The predicted molar refractivity (Wildman–Crippen MR) is 48.6 cm³/mol.